The maximum absolute atomic E-state index is 10.6. The molecule has 0 saturated carbocycles. The fourth-order valence-electron chi connectivity index (χ4n) is 5.59. The van der Waals surface area contributed by atoms with Gasteiger partial charge in [-0.25, -0.2) is 9.78 Å². The van der Waals surface area contributed by atoms with Crippen LogP contribution in [0.3, 0.4) is 0 Å². The van der Waals surface area contributed by atoms with Gasteiger partial charge in [-0.3, -0.25) is 9.80 Å². The number of likely N-dealkylation sites (tertiary alicyclic amines) is 1. The van der Waals surface area contributed by atoms with Crippen LogP contribution in [0, 0.1) is 6.92 Å². The van der Waals surface area contributed by atoms with Crippen molar-refractivity contribution in [2.45, 2.75) is 38.5 Å². The number of fused-ring (bicyclic) bond motifs is 1. The van der Waals surface area contributed by atoms with E-state index in [1.807, 2.05) is 0 Å². The highest BCUT2D eigenvalue weighted by Gasteiger charge is 2.38. The number of thiophene rings is 1. The zero-order valence-electron chi connectivity index (χ0n) is 23.8. The largest absolute Gasteiger partial charge is 0.490 e. The molecular weight excluding hydrogens is 563 g/mol. The van der Waals surface area contributed by atoms with Crippen LogP contribution in [-0.4, -0.2) is 94.3 Å². The number of aryl methyl sites for hydroxylation is 1. The number of carboxylic acids is 1. The second-order valence-corrected chi connectivity index (χ2v) is 12.2. The van der Waals surface area contributed by atoms with Crippen LogP contribution in [0.25, 0.3) is 32.2 Å². The highest BCUT2D eigenvalue weighted by atomic mass is 32.1. The van der Waals surface area contributed by atoms with E-state index in [9.17, 15) is 13.2 Å². The molecule has 11 heteroatoms. The van der Waals surface area contributed by atoms with E-state index in [-0.39, 0.29) is 0 Å². The molecule has 2 fully saturated rings. The molecule has 42 heavy (non-hydrogen) atoms. The van der Waals surface area contributed by atoms with Gasteiger partial charge in [-0.15, -0.1) is 11.3 Å². The molecule has 0 unspecified atom stereocenters. The van der Waals surface area contributed by atoms with E-state index < -0.39 is 12.1 Å². The van der Waals surface area contributed by atoms with E-state index in [1.54, 1.807) is 11.3 Å². The van der Waals surface area contributed by atoms with Crippen molar-refractivity contribution in [1.82, 2.24) is 24.7 Å². The number of benzene rings is 2. The number of aromatic nitrogens is 2. The molecule has 2 saturated heterocycles. The third-order valence-electron chi connectivity index (χ3n) is 8.05. The minimum absolute atomic E-state index is 0.798. The molecule has 0 bridgehead atoms. The minimum Gasteiger partial charge on any atom is -0.475 e. The van der Waals surface area contributed by atoms with Crippen molar-refractivity contribution in [3.05, 3.63) is 65.7 Å². The molecule has 2 aromatic heterocycles. The van der Waals surface area contributed by atoms with E-state index in [1.165, 1.54) is 78.6 Å². The SMILES string of the molecule is Cc1cccc2[nH]c(-c3ccc(-c4ccc(CN5CCN(C6CCN(C)CC6)CC5)cc4)s3)nc12.O=C(O)C(F)(F)F. The summed E-state index contributed by atoms with van der Waals surface area (Å²) in [7, 11) is 2.25. The fourth-order valence-corrected chi connectivity index (χ4v) is 6.55. The minimum atomic E-state index is -5.08. The molecule has 2 aliphatic heterocycles. The number of piperidine rings is 1. The van der Waals surface area contributed by atoms with Crippen molar-refractivity contribution in [3.8, 4) is 21.1 Å². The number of nitrogens with one attached hydrogen (secondary N) is 1. The Morgan fingerprint density at radius 2 is 1.62 bits per heavy atom. The summed E-state index contributed by atoms with van der Waals surface area (Å²) in [6.07, 6.45) is -2.42. The standard InChI is InChI=1S/C29H35N5S.C2HF3O2/c1-21-4-3-5-25-28(21)31-29(30-25)27-11-10-26(35-27)23-8-6-22(7-9-23)20-33-16-18-34(19-17-33)24-12-14-32(2)15-13-24;3-2(4,5)1(6)7/h3-11,24H,12-20H2,1-2H3,(H,30,31);(H,6,7). The monoisotopic (exact) mass is 599 g/mol. The Bertz CT molecular complexity index is 1480. The number of aliphatic carboxylic acids is 1. The van der Waals surface area contributed by atoms with E-state index in [2.05, 4.69) is 88.3 Å². The van der Waals surface area contributed by atoms with Crippen LogP contribution >= 0.6 is 11.3 Å². The topological polar surface area (TPSA) is 75.7 Å². The Kier molecular flexibility index (Phi) is 9.32. The number of piperazine rings is 1. The number of carbonyl (C=O) groups is 1. The number of halogens is 3. The first kappa shape index (κ1) is 30.2. The highest BCUT2D eigenvalue weighted by molar-refractivity contribution is 7.18. The van der Waals surface area contributed by atoms with Crippen molar-refractivity contribution >= 4 is 28.3 Å². The maximum atomic E-state index is 10.6. The number of carboxylic acid groups (broad SMARTS) is 1. The first-order valence-electron chi connectivity index (χ1n) is 14.2. The Labute approximate surface area is 247 Å². The average molecular weight is 600 g/mol. The number of para-hydroxylation sites is 1. The number of aromatic amines is 1. The second kappa shape index (κ2) is 12.9. The second-order valence-electron chi connectivity index (χ2n) is 11.1. The van der Waals surface area contributed by atoms with Crippen LogP contribution in [0.15, 0.2) is 54.6 Å². The summed E-state index contributed by atoms with van der Waals surface area (Å²) in [6.45, 7) is 10.5. The van der Waals surface area contributed by atoms with Gasteiger partial charge in [0, 0.05) is 43.6 Å². The van der Waals surface area contributed by atoms with Crippen molar-refractivity contribution in [2.75, 3.05) is 46.3 Å². The summed E-state index contributed by atoms with van der Waals surface area (Å²) in [5.41, 5.74) is 6.07. The Balaban J connectivity index is 0.000000451. The van der Waals surface area contributed by atoms with Crippen LogP contribution in [0.5, 0.6) is 0 Å². The van der Waals surface area contributed by atoms with Crippen molar-refractivity contribution in [3.63, 3.8) is 0 Å². The van der Waals surface area contributed by atoms with E-state index in [4.69, 9.17) is 14.9 Å². The number of hydrogen-bond donors (Lipinski definition) is 2. The molecule has 224 valence electrons. The van der Waals surface area contributed by atoms with Gasteiger partial charge in [0.2, 0.25) is 0 Å². The summed E-state index contributed by atoms with van der Waals surface area (Å²) in [4.78, 5) is 27.5. The van der Waals surface area contributed by atoms with E-state index in [0.29, 0.717) is 0 Å². The molecule has 0 radical (unpaired) electrons. The molecule has 2 N–H and O–H groups in total. The summed E-state index contributed by atoms with van der Waals surface area (Å²) >= 11 is 1.80. The first-order valence-corrected chi connectivity index (χ1v) is 15.0. The third kappa shape index (κ3) is 7.38. The lowest BCUT2D eigenvalue weighted by Crippen LogP contribution is -2.52. The van der Waals surface area contributed by atoms with Gasteiger partial charge in [0.1, 0.15) is 5.82 Å². The molecule has 4 heterocycles. The van der Waals surface area contributed by atoms with Gasteiger partial charge in [-0.2, -0.15) is 13.2 Å². The highest BCUT2D eigenvalue weighted by Crippen LogP contribution is 2.34. The van der Waals surface area contributed by atoms with E-state index in [0.717, 1.165) is 29.4 Å². The van der Waals surface area contributed by atoms with Crippen LogP contribution in [0.1, 0.15) is 24.0 Å². The van der Waals surface area contributed by atoms with Crippen molar-refractivity contribution in [2.24, 2.45) is 0 Å². The van der Waals surface area contributed by atoms with Gasteiger partial charge in [0.05, 0.1) is 15.9 Å². The van der Waals surface area contributed by atoms with Crippen LogP contribution in [0.4, 0.5) is 13.2 Å². The van der Waals surface area contributed by atoms with Gasteiger partial charge in [0.25, 0.3) is 0 Å². The quantitative estimate of drug-likeness (QED) is 0.288. The maximum Gasteiger partial charge on any atom is 0.490 e. The zero-order chi connectivity index (χ0) is 29.9. The smallest absolute Gasteiger partial charge is 0.475 e. The molecule has 7 nitrogen and oxygen atoms in total. The molecule has 4 aromatic rings. The molecule has 0 atom stereocenters. The number of nitrogens with zero attached hydrogens (tertiary/aromatic N) is 4. The Morgan fingerprint density at radius 3 is 2.24 bits per heavy atom. The summed E-state index contributed by atoms with van der Waals surface area (Å²) in [6, 6.07) is 20.7. The lowest BCUT2D eigenvalue weighted by atomic mass is 10.0. The summed E-state index contributed by atoms with van der Waals surface area (Å²) in [5.74, 6) is -1.80. The average Bonchev–Trinajstić information content (AvgIpc) is 3.63. The fraction of sp³-hybridized carbons (Fsp3) is 0.419. The van der Waals surface area contributed by atoms with Crippen molar-refractivity contribution in [1.29, 1.82) is 0 Å². The van der Waals surface area contributed by atoms with Crippen LogP contribution in [-0.2, 0) is 11.3 Å². The third-order valence-corrected chi connectivity index (χ3v) is 9.19. The zero-order valence-corrected chi connectivity index (χ0v) is 24.6. The number of rotatable bonds is 5. The van der Waals surface area contributed by atoms with Gasteiger partial charge in [0.15, 0.2) is 0 Å². The van der Waals surface area contributed by atoms with E-state index >= 15 is 0 Å². The summed E-state index contributed by atoms with van der Waals surface area (Å²) in [5, 5.41) is 7.12. The number of alkyl halides is 3. The molecule has 2 aromatic carbocycles. The number of imidazole rings is 1. The molecule has 2 aliphatic rings. The Morgan fingerprint density at radius 1 is 0.976 bits per heavy atom. The number of hydrogen-bond acceptors (Lipinski definition) is 6. The van der Waals surface area contributed by atoms with Crippen LogP contribution < -0.4 is 0 Å². The van der Waals surface area contributed by atoms with Crippen molar-refractivity contribution < 1.29 is 23.1 Å². The normalized spacial score (nSPS) is 17.7. The molecule has 6 rings (SSSR count). The molecular formula is C31H36F3N5O2S. The number of H-pyrrole nitrogens is 1. The first-order chi connectivity index (χ1) is 20.1. The molecule has 0 spiro atoms. The molecule has 0 aliphatic carbocycles. The predicted molar refractivity (Wildman–Crippen MR) is 161 cm³/mol. The van der Waals surface area contributed by atoms with Gasteiger partial charge in [-0.05, 0) is 74.8 Å². The lowest BCUT2D eigenvalue weighted by Gasteiger charge is -2.42. The lowest BCUT2D eigenvalue weighted by molar-refractivity contribution is -0.192. The Hall–Kier alpha value is -3.25. The predicted octanol–water partition coefficient (Wildman–Crippen LogP) is 6.11. The van der Waals surface area contributed by atoms with Gasteiger partial charge in [-0.1, -0.05) is 36.4 Å². The van der Waals surface area contributed by atoms with Crippen LogP contribution in [0.2, 0.25) is 0 Å². The summed E-state index contributed by atoms with van der Waals surface area (Å²) < 4.78 is 31.7. The van der Waals surface area contributed by atoms with Gasteiger partial charge >= 0.3 is 12.1 Å². The molecule has 0 amide bonds. The van der Waals surface area contributed by atoms with Gasteiger partial charge < -0.3 is 15.0 Å².